The summed E-state index contributed by atoms with van der Waals surface area (Å²) in [5.74, 6) is 1.01. The van der Waals surface area contributed by atoms with Crippen molar-refractivity contribution < 1.29 is 14.6 Å². The van der Waals surface area contributed by atoms with Crippen molar-refractivity contribution in [1.82, 2.24) is 5.32 Å². The third-order valence-corrected chi connectivity index (χ3v) is 7.86. The van der Waals surface area contributed by atoms with Gasteiger partial charge in [0.1, 0.15) is 6.10 Å². The van der Waals surface area contributed by atoms with Crippen LogP contribution in [0.25, 0.3) is 0 Å². The molecule has 0 aliphatic heterocycles. The minimum atomic E-state index is -0.784. The van der Waals surface area contributed by atoms with Gasteiger partial charge >= 0.3 is 5.97 Å². The number of fused-ring (bicyclic) bond motifs is 1. The van der Waals surface area contributed by atoms with Gasteiger partial charge in [-0.1, -0.05) is 26.0 Å². The van der Waals surface area contributed by atoms with Crippen molar-refractivity contribution in [3.8, 4) is 0 Å². The molecule has 0 unspecified atom stereocenters. The summed E-state index contributed by atoms with van der Waals surface area (Å²) in [6.45, 7) is 9.89. The van der Waals surface area contributed by atoms with Crippen LogP contribution in [0.2, 0.25) is 0 Å². The van der Waals surface area contributed by atoms with Crippen LogP contribution < -0.4 is 5.32 Å². The minimum absolute atomic E-state index is 0.136. The summed E-state index contributed by atoms with van der Waals surface area (Å²) in [5, 5.41) is 17.4. The van der Waals surface area contributed by atoms with Crippen LogP contribution in [0.3, 0.4) is 0 Å². The highest BCUT2D eigenvalue weighted by molar-refractivity contribution is 7.09. The molecule has 0 saturated heterocycles. The number of esters is 1. The topological polar surface area (TPSA) is 58.6 Å². The number of hydrogen-bond acceptors (Lipinski definition) is 5. The summed E-state index contributed by atoms with van der Waals surface area (Å²) in [7, 11) is 0. The van der Waals surface area contributed by atoms with Crippen LogP contribution in [0.5, 0.6) is 0 Å². The molecule has 0 amide bonds. The molecule has 0 radical (unpaired) electrons. The fraction of sp³-hybridized carbons (Fsp3) is 0.696. The Balaban J connectivity index is 1.64. The Hall–Kier alpha value is -1.17. The molecule has 3 rings (SSSR count). The Morgan fingerprint density at radius 3 is 2.93 bits per heavy atom. The van der Waals surface area contributed by atoms with E-state index in [0.717, 1.165) is 37.9 Å². The molecule has 0 aromatic carbocycles. The fourth-order valence-corrected chi connectivity index (χ4v) is 5.85. The number of carbonyl (C=O) groups excluding carboxylic acids is 1. The Labute approximate surface area is 173 Å². The molecule has 5 heteroatoms. The van der Waals surface area contributed by atoms with Crippen molar-refractivity contribution in [1.29, 1.82) is 0 Å². The van der Waals surface area contributed by atoms with E-state index in [1.807, 2.05) is 18.3 Å². The summed E-state index contributed by atoms with van der Waals surface area (Å²) in [5.41, 5.74) is 0.301. The van der Waals surface area contributed by atoms with E-state index in [9.17, 15) is 9.90 Å². The zero-order chi connectivity index (χ0) is 20.3. The zero-order valence-electron chi connectivity index (χ0n) is 17.6. The summed E-state index contributed by atoms with van der Waals surface area (Å²) >= 11 is 1.81. The largest absolute Gasteiger partial charge is 0.458 e. The first-order valence-corrected chi connectivity index (χ1v) is 11.5. The Morgan fingerprint density at radius 1 is 1.46 bits per heavy atom. The van der Waals surface area contributed by atoms with Crippen molar-refractivity contribution >= 4 is 17.3 Å². The lowest BCUT2D eigenvalue weighted by molar-refractivity contribution is -0.159. The highest BCUT2D eigenvalue weighted by atomic mass is 32.1. The number of nitrogens with one attached hydrogen (secondary N) is 1. The third-order valence-electron chi connectivity index (χ3n) is 6.92. The van der Waals surface area contributed by atoms with Gasteiger partial charge < -0.3 is 15.2 Å². The van der Waals surface area contributed by atoms with Gasteiger partial charge in [0, 0.05) is 24.1 Å². The third kappa shape index (κ3) is 4.69. The van der Waals surface area contributed by atoms with Crippen molar-refractivity contribution in [2.24, 2.45) is 23.7 Å². The van der Waals surface area contributed by atoms with Crippen LogP contribution >= 0.6 is 11.3 Å². The molecule has 1 saturated carbocycles. The second kappa shape index (κ2) is 9.10. The average Bonchev–Trinajstić information content (AvgIpc) is 3.14. The first-order chi connectivity index (χ1) is 13.3. The van der Waals surface area contributed by atoms with Gasteiger partial charge in [-0.25, -0.2) is 0 Å². The molecule has 1 fully saturated rings. The number of carbonyl (C=O) groups is 1. The van der Waals surface area contributed by atoms with E-state index in [-0.39, 0.29) is 23.9 Å². The first kappa shape index (κ1) is 21.5. The summed E-state index contributed by atoms with van der Waals surface area (Å²) in [6, 6.07) is 4.29. The SMILES string of the molecule is CC(=O)O[C@@H]1C[C@@]2(O)[C@H](C)CC[C@@H]([C@H](C)CNCCc3cccs3)[C@H]2C=C1C. The van der Waals surface area contributed by atoms with Crippen molar-refractivity contribution in [3.05, 3.63) is 34.0 Å². The Morgan fingerprint density at radius 2 is 2.25 bits per heavy atom. The maximum absolute atomic E-state index is 11.6. The molecule has 6 atom stereocenters. The van der Waals surface area contributed by atoms with Crippen molar-refractivity contribution in [2.75, 3.05) is 13.1 Å². The van der Waals surface area contributed by atoms with E-state index in [4.69, 9.17) is 4.74 Å². The van der Waals surface area contributed by atoms with Gasteiger partial charge in [-0.15, -0.1) is 11.3 Å². The van der Waals surface area contributed by atoms with Crippen LogP contribution in [-0.2, 0) is 16.0 Å². The fourth-order valence-electron chi connectivity index (χ4n) is 5.15. The zero-order valence-corrected chi connectivity index (χ0v) is 18.4. The van der Waals surface area contributed by atoms with E-state index in [1.54, 1.807) is 0 Å². The minimum Gasteiger partial charge on any atom is -0.458 e. The molecule has 4 nitrogen and oxygen atoms in total. The molecule has 2 aliphatic carbocycles. The predicted octanol–water partition coefficient (Wildman–Crippen LogP) is 4.19. The number of aliphatic hydroxyl groups is 1. The molecular formula is C23H35NO3S. The maximum Gasteiger partial charge on any atom is 0.303 e. The van der Waals surface area contributed by atoms with Gasteiger partial charge in [0.2, 0.25) is 0 Å². The van der Waals surface area contributed by atoms with Crippen LogP contribution in [0.15, 0.2) is 29.2 Å². The van der Waals surface area contributed by atoms with Gasteiger partial charge in [-0.05, 0) is 74.0 Å². The smallest absolute Gasteiger partial charge is 0.303 e. The predicted molar refractivity (Wildman–Crippen MR) is 114 cm³/mol. The van der Waals surface area contributed by atoms with Gasteiger partial charge in [0.05, 0.1) is 5.60 Å². The number of thiophene rings is 1. The van der Waals surface area contributed by atoms with Crippen LogP contribution in [-0.4, -0.2) is 35.9 Å². The van der Waals surface area contributed by atoms with Crippen molar-refractivity contribution in [3.63, 3.8) is 0 Å². The molecule has 1 heterocycles. The van der Waals surface area contributed by atoms with Gasteiger partial charge in [-0.2, -0.15) is 0 Å². The summed E-state index contributed by atoms with van der Waals surface area (Å²) in [6.07, 6.45) is 5.68. The Bertz CT molecular complexity index is 686. The lowest BCUT2D eigenvalue weighted by atomic mass is 9.57. The molecule has 1 aromatic rings. The number of rotatable bonds is 7. The standard InChI is InChI=1S/C23H35NO3S/c1-15-12-21-20(16(2)14-24-10-9-19-6-5-11-28-19)8-7-17(3)23(21,26)13-22(15)27-18(4)25/h5-6,11-12,16-17,20-22,24,26H,7-10,13-14H2,1-4H3/t16-,17-,20+,21-,22-,23-/m1/s1. The summed E-state index contributed by atoms with van der Waals surface area (Å²) in [4.78, 5) is 12.9. The highest BCUT2D eigenvalue weighted by Crippen LogP contribution is 2.51. The van der Waals surface area contributed by atoms with Crippen molar-refractivity contribution in [2.45, 2.75) is 65.1 Å². The van der Waals surface area contributed by atoms with E-state index in [2.05, 4.69) is 42.8 Å². The van der Waals surface area contributed by atoms with E-state index in [1.165, 1.54) is 11.8 Å². The van der Waals surface area contributed by atoms with E-state index < -0.39 is 5.60 Å². The number of ether oxygens (including phenoxy) is 1. The van der Waals surface area contributed by atoms with Gasteiger partial charge in [-0.3, -0.25) is 4.79 Å². The first-order valence-electron chi connectivity index (χ1n) is 10.6. The molecule has 156 valence electrons. The second-order valence-electron chi connectivity index (χ2n) is 8.88. The van der Waals surface area contributed by atoms with Crippen LogP contribution in [0, 0.1) is 23.7 Å². The average molecular weight is 406 g/mol. The molecule has 2 aliphatic rings. The lowest BCUT2D eigenvalue weighted by Gasteiger charge is -2.53. The van der Waals surface area contributed by atoms with Crippen LogP contribution in [0.1, 0.15) is 51.8 Å². The maximum atomic E-state index is 11.6. The molecule has 0 bridgehead atoms. The lowest BCUT2D eigenvalue weighted by Crippen LogP contribution is -2.56. The van der Waals surface area contributed by atoms with Gasteiger partial charge in [0.15, 0.2) is 0 Å². The molecule has 28 heavy (non-hydrogen) atoms. The monoisotopic (exact) mass is 405 g/mol. The molecule has 0 spiro atoms. The highest BCUT2D eigenvalue weighted by Gasteiger charge is 2.52. The second-order valence-corrected chi connectivity index (χ2v) is 9.92. The van der Waals surface area contributed by atoms with Crippen LogP contribution in [0.4, 0.5) is 0 Å². The molecule has 1 aromatic heterocycles. The Kier molecular flexibility index (Phi) is 7.00. The quantitative estimate of drug-likeness (QED) is 0.406. The van der Waals surface area contributed by atoms with E-state index in [0.29, 0.717) is 18.3 Å². The normalized spacial score (nSPS) is 33.7. The molecular weight excluding hydrogens is 370 g/mol. The molecule has 2 N–H and O–H groups in total. The van der Waals surface area contributed by atoms with E-state index >= 15 is 0 Å². The van der Waals surface area contributed by atoms with Gasteiger partial charge in [0.25, 0.3) is 0 Å². The summed E-state index contributed by atoms with van der Waals surface area (Å²) < 4.78 is 5.50. The number of hydrogen-bond donors (Lipinski definition) is 2.